The van der Waals surface area contributed by atoms with Crippen molar-refractivity contribution < 1.29 is 13.2 Å². The van der Waals surface area contributed by atoms with E-state index in [2.05, 4.69) is 4.72 Å². The second-order valence-electron chi connectivity index (χ2n) is 3.11. The fourth-order valence-electron chi connectivity index (χ4n) is 0.953. The van der Waals surface area contributed by atoms with Crippen LogP contribution in [0, 0.1) is 5.92 Å². The molecule has 0 atom stereocenters. The summed E-state index contributed by atoms with van der Waals surface area (Å²) in [5.41, 5.74) is 0. The Morgan fingerprint density at radius 1 is 1.50 bits per heavy atom. The zero-order chi connectivity index (χ0) is 9.03. The van der Waals surface area contributed by atoms with Crippen molar-refractivity contribution in [2.45, 2.75) is 12.8 Å². The van der Waals surface area contributed by atoms with Crippen LogP contribution in [0.25, 0.3) is 0 Å². The first-order chi connectivity index (χ1) is 5.64. The van der Waals surface area contributed by atoms with Gasteiger partial charge in [-0.15, -0.1) is 0 Å². The fraction of sp³-hybridized carbons (Fsp3) is 1.00. The third-order valence-corrected chi connectivity index (χ3v) is 3.33. The molecule has 72 valence electrons. The average Bonchev–Trinajstić information content (AvgIpc) is 2.71. The van der Waals surface area contributed by atoms with Gasteiger partial charge in [-0.3, -0.25) is 0 Å². The number of nitrogens with one attached hydrogen (secondary N) is 1. The summed E-state index contributed by atoms with van der Waals surface area (Å²) in [5.74, 6) is 0.696. The van der Waals surface area contributed by atoms with Gasteiger partial charge in [-0.1, -0.05) is 0 Å². The lowest BCUT2D eigenvalue weighted by molar-refractivity contribution is 0.204. The minimum absolute atomic E-state index is 0.288. The Hall–Kier alpha value is -0.130. The first-order valence-corrected chi connectivity index (χ1v) is 5.75. The average molecular weight is 193 g/mol. The van der Waals surface area contributed by atoms with Gasteiger partial charge < -0.3 is 4.74 Å². The van der Waals surface area contributed by atoms with Gasteiger partial charge in [-0.25, -0.2) is 13.1 Å². The number of rotatable bonds is 6. The smallest absolute Gasteiger partial charge is 0.211 e. The van der Waals surface area contributed by atoms with Crippen LogP contribution >= 0.6 is 0 Å². The summed E-state index contributed by atoms with van der Waals surface area (Å²) in [5, 5.41) is 0. The number of methoxy groups -OCH3 is 1. The van der Waals surface area contributed by atoms with Crippen LogP contribution in [0.4, 0.5) is 0 Å². The van der Waals surface area contributed by atoms with Crippen molar-refractivity contribution in [1.29, 1.82) is 0 Å². The second-order valence-corrected chi connectivity index (χ2v) is 4.96. The lowest BCUT2D eigenvalue weighted by Gasteiger charge is -2.04. The monoisotopic (exact) mass is 193 g/mol. The molecule has 12 heavy (non-hydrogen) atoms. The van der Waals surface area contributed by atoms with Gasteiger partial charge in [0.25, 0.3) is 0 Å². The highest BCUT2D eigenvalue weighted by atomic mass is 32.2. The van der Waals surface area contributed by atoms with Crippen LogP contribution in [0.1, 0.15) is 12.8 Å². The summed E-state index contributed by atoms with van der Waals surface area (Å²) in [6, 6.07) is 0. The molecular formula is C7H15NO3S. The SMILES string of the molecule is COCCNS(=O)(=O)CC1CC1. The van der Waals surface area contributed by atoms with Gasteiger partial charge >= 0.3 is 0 Å². The zero-order valence-corrected chi connectivity index (χ0v) is 8.06. The second kappa shape index (κ2) is 4.20. The lowest BCUT2D eigenvalue weighted by Crippen LogP contribution is -2.30. The molecule has 1 rings (SSSR count). The fourth-order valence-corrected chi connectivity index (χ4v) is 2.42. The molecule has 0 aromatic carbocycles. The third kappa shape index (κ3) is 4.04. The van der Waals surface area contributed by atoms with E-state index in [0.29, 0.717) is 19.1 Å². The predicted octanol–water partition coefficient (Wildman–Crippen LogP) is -0.0378. The van der Waals surface area contributed by atoms with E-state index in [0.717, 1.165) is 12.8 Å². The summed E-state index contributed by atoms with van der Waals surface area (Å²) in [6.07, 6.45) is 2.12. The maximum Gasteiger partial charge on any atom is 0.211 e. The van der Waals surface area contributed by atoms with Crippen LogP contribution < -0.4 is 4.72 Å². The zero-order valence-electron chi connectivity index (χ0n) is 7.25. The van der Waals surface area contributed by atoms with Crippen molar-refractivity contribution in [2.24, 2.45) is 5.92 Å². The molecule has 4 nitrogen and oxygen atoms in total. The summed E-state index contributed by atoms with van der Waals surface area (Å²) >= 11 is 0. The Morgan fingerprint density at radius 2 is 2.17 bits per heavy atom. The molecule has 0 bridgehead atoms. The molecule has 1 saturated carbocycles. The topological polar surface area (TPSA) is 55.4 Å². The Bertz CT molecular complexity index is 221. The van der Waals surface area contributed by atoms with Crippen molar-refractivity contribution in [3.05, 3.63) is 0 Å². The number of hydrogen-bond donors (Lipinski definition) is 1. The Labute approximate surface area is 73.3 Å². The van der Waals surface area contributed by atoms with Crippen LogP contribution in [0.3, 0.4) is 0 Å². The van der Waals surface area contributed by atoms with Crippen molar-refractivity contribution in [3.8, 4) is 0 Å². The van der Waals surface area contributed by atoms with E-state index in [1.807, 2.05) is 0 Å². The largest absolute Gasteiger partial charge is 0.383 e. The van der Waals surface area contributed by atoms with Crippen LogP contribution in [-0.2, 0) is 14.8 Å². The van der Waals surface area contributed by atoms with Gasteiger partial charge in [0.15, 0.2) is 0 Å². The molecule has 0 aromatic rings. The minimum Gasteiger partial charge on any atom is -0.383 e. The molecule has 0 aliphatic heterocycles. The highest BCUT2D eigenvalue weighted by Crippen LogP contribution is 2.29. The minimum atomic E-state index is -3.02. The van der Waals surface area contributed by atoms with Gasteiger partial charge in [0.1, 0.15) is 0 Å². The summed E-state index contributed by atoms with van der Waals surface area (Å²) in [7, 11) is -1.47. The Balaban J connectivity index is 2.17. The highest BCUT2D eigenvalue weighted by molar-refractivity contribution is 7.89. The molecule has 1 N–H and O–H groups in total. The first-order valence-electron chi connectivity index (χ1n) is 4.10. The van der Waals surface area contributed by atoms with Crippen LogP contribution in [0.15, 0.2) is 0 Å². The van der Waals surface area contributed by atoms with Crippen LogP contribution in [0.5, 0.6) is 0 Å². The van der Waals surface area contributed by atoms with E-state index < -0.39 is 10.0 Å². The van der Waals surface area contributed by atoms with E-state index in [4.69, 9.17) is 4.74 Å². The molecule has 0 aromatic heterocycles. The van der Waals surface area contributed by atoms with Crippen molar-refractivity contribution in [1.82, 2.24) is 4.72 Å². The van der Waals surface area contributed by atoms with E-state index in [9.17, 15) is 8.42 Å². The highest BCUT2D eigenvalue weighted by Gasteiger charge is 2.27. The molecule has 0 spiro atoms. The molecule has 1 fully saturated rings. The van der Waals surface area contributed by atoms with Crippen molar-refractivity contribution in [2.75, 3.05) is 26.0 Å². The Kier molecular flexibility index (Phi) is 3.49. The molecule has 0 unspecified atom stereocenters. The van der Waals surface area contributed by atoms with Crippen LogP contribution in [0.2, 0.25) is 0 Å². The standard InChI is InChI=1S/C7H15NO3S/c1-11-5-4-8-12(9,10)6-7-2-3-7/h7-8H,2-6H2,1H3. The lowest BCUT2D eigenvalue weighted by atomic mass is 10.5. The quantitative estimate of drug-likeness (QED) is 0.602. The molecule has 1 aliphatic rings. The Morgan fingerprint density at radius 3 is 2.67 bits per heavy atom. The number of ether oxygens (including phenoxy) is 1. The molecule has 0 amide bonds. The number of sulfonamides is 1. The van der Waals surface area contributed by atoms with Crippen molar-refractivity contribution in [3.63, 3.8) is 0 Å². The predicted molar refractivity (Wildman–Crippen MR) is 46.4 cm³/mol. The maximum absolute atomic E-state index is 11.2. The van der Waals surface area contributed by atoms with Crippen molar-refractivity contribution >= 4 is 10.0 Å². The van der Waals surface area contributed by atoms with Gasteiger partial charge in [-0.05, 0) is 18.8 Å². The molecule has 1 aliphatic carbocycles. The van der Waals surface area contributed by atoms with E-state index >= 15 is 0 Å². The van der Waals surface area contributed by atoms with E-state index in [1.165, 1.54) is 0 Å². The summed E-state index contributed by atoms with van der Waals surface area (Å²) < 4.78 is 29.6. The molecule has 0 heterocycles. The summed E-state index contributed by atoms with van der Waals surface area (Å²) in [6.45, 7) is 0.815. The van der Waals surface area contributed by atoms with Gasteiger partial charge in [0.2, 0.25) is 10.0 Å². The molecule has 5 heteroatoms. The van der Waals surface area contributed by atoms with E-state index in [1.54, 1.807) is 7.11 Å². The normalized spacial score (nSPS) is 18.1. The van der Waals surface area contributed by atoms with Gasteiger partial charge in [-0.2, -0.15) is 0 Å². The number of hydrogen-bond acceptors (Lipinski definition) is 3. The molecular weight excluding hydrogens is 178 g/mol. The van der Waals surface area contributed by atoms with Gasteiger partial charge in [0, 0.05) is 13.7 Å². The van der Waals surface area contributed by atoms with E-state index in [-0.39, 0.29) is 5.75 Å². The summed E-state index contributed by atoms with van der Waals surface area (Å²) in [4.78, 5) is 0. The third-order valence-electron chi connectivity index (χ3n) is 1.78. The maximum atomic E-state index is 11.2. The first kappa shape index (κ1) is 9.95. The molecule has 0 radical (unpaired) electrons. The molecule has 0 saturated heterocycles. The van der Waals surface area contributed by atoms with Gasteiger partial charge in [0.05, 0.1) is 12.4 Å². The van der Waals surface area contributed by atoms with Crippen LogP contribution in [-0.4, -0.2) is 34.4 Å².